The molecule has 1 N–H and O–H groups in total. The molecule has 0 aliphatic heterocycles. The van der Waals surface area contributed by atoms with E-state index < -0.39 is 5.97 Å². The van der Waals surface area contributed by atoms with Crippen molar-refractivity contribution in [2.45, 2.75) is 38.5 Å². The second-order valence-electron chi connectivity index (χ2n) is 4.43. The molecule has 19 heavy (non-hydrogen) atoms. The van der Waals surface area contributed by atoms with E-state index in [4.69, 9.17) is 16.3 Å². The van der Waals surface area contributed by atoms with Crippen LogP contribution in [0.2, 0.25) is 0 Å². The molecule has 1 aromatic rings. The average Bonchev–Trinajstić information content (AvgIpc) is 2.39. The quantitative estimate of drug-likeness (QED) is 0.547. The molecule has 0 aliphatic rings. The van der Waals surface area contributed by atoms with Crippen LogP contribution >= 0.6 is 0 Å². The minimum atomic E-state index is -0.819. The topological polar surface area (TPSA) is 46.5 Å². The Bertz CT molecular complexity index is 415. The number of carboxylic acid groups (broad SMARTS) is 1. The third kappa shape index (κ3) is 7.15. The molecule has 0 saturated heterocycles. The molecule has 0 bridgehead atoms. The molecule has 0 spiro atoms. The predicted octanol–water partition coefficient (Wildman–Crippen LogP) is 3.28. The zero-order valence-electron chi connectivity index (χ0n) is 11.1. The van der Waals surface area contributed by atoms with Gasteiger partial charge in [0.15, 0.2) is 0 Å². The van der Waals surface area contributed by atoms with Gasteiger partial charge in [-0.05, 0) is 30.5 Å². The number of rotatable bonds is 9. The van der Waals surface area contributed by atoms with E-state index in [1.807, 2.05) is 12.1 Å². The molecule has 0 unspecified atom stereocenters. The molecule has 0 saturated carbocycles. The Morgan fingerprint density at radius 2 is 1.84 bits per heavy atom. The van der Waals surface area contributed by atoms with Crippen molar-refractivity contribution >= 4 is 5.97 Å². The number of carbonyl (C=O) groups is 1. The van der Waals surface area contributed by atoms with E-state index in [1.165, 1.54) is 0 Å². The van der Waals surface area contributed by atoms with E-state index in [9.17, 15) is 4.79 Å². The molecule has 0 aromatic heterocycles. The minimum Gasteiger partial charge on any atom is -0.494 e. The SMILES string of the molecule is C#CCCCCCCOc1ccc(CC(=O)O)cc1. The largest absolute Gasteiger partial charge is 0.494 e. The van der Waals surface area contributed by atoms with Crippen LogP contribution < -0.4 is 4.74 Å². The Labute approximate surface area is 114 Å². The van der Waals surface area contributed by atoms with Crippen molar-refractivity contribution in [1.82, 2.24) is 0 Å². The summed E-state index contributed by atoms with van der Waals surface area (Å²) in [6.07, 6.45) is 10.4. The van der Waals surface area contributed by atoms with Gasteiger partial charge in [0.1, 0.15) is 5.75 Å². The van der Waals surface area contributed by atoms with E-state index in [0.29, 0.717) is 6.61 Å². The number of carboxylic acids is 1. The predicted molar refractivity (Wildman–Crippen MR) is 75.2 cm³/mol. The summed E-state index contributed by atoms with van der Waals surface area (Å²) in [5.74, 6) is 2.60. The second-order valence-corrected chi connectivity index (χ2v) is 4.43. The number of unbranched alkanes of at least 4 members (excludes halogenated alkanes) is 4. The van der Waals surface area contributed by atoms with Gasteiger partial charge in [0.25, 0.3) is 0 Å². The van der Waals surface area contributed by atoms with Gasteiger partial charge in [0.2, 0.25) is 0 Å². The average molecular weight is 260 g/mol. The van der Waals surface area contributed by atoms with Crippen LogP contribution in [0.25, 0.3) is 0 Å². The molecular weight excluding hydrogens is 240 g/mol. The lowest BCUT2D eigenvalue weighted by molar-refractivity contribution is -0.136. The first-order valence-electron chi connectivity index (χ1n) is 6.59. The highest BCUT2D eigenvalue weighted by atomic mass is 16.5. The number of hydrogen-bond acceptors (Lipinski definition) is 2. The summed E-state index contributed by atoms with van der Waals surface area (Å²) < 4.78 is 5.58. The van der Waals surface area contributed by atoms with E-state index >= 15 is 0 Å². The van der Waals surface area contributed by atoms with Crippen molar-refractivity contribution in [3.05, 3.63) is 29.8 Å². The van der Waals surface area contributed by atoms with Crippen LogP contribution in [-0.4, -0.2) is 17.7 Å². The molecule has 3 heteroatoms. The van der Waals surface area contributed by atoms with Crippen LogP contribution in [0.3, 0.4) is 0 Å². The van der Waals surface area contributed by atoms with Crippen LogP contribution in [0.15, 0.2) is 24.3 Å². The highest BCUT2D eigenvalue weighted by molar-refractivity contribution is 5.70. The van der Waals surface area contributed by atoms with Gasteiger partial charge in [0.05, 0.1) is 13.0 Å². The van der Waals surface area contributed by atoms with Gasteiger partial charge in [-0.2, -0.15) is 0 Å². The fourth-order valence-corrected chi connectivity index (χ4v) is 1.75. The Morgan fingerprint density at radius 3 is 2.47 bits per heavy atom. The number of hydrogen-bond donors (Lipinski definition) is 1. The van der Waals surface area contributed by atoms with Crippen molar-refractivity contribution in [3.8, 4) is 18.1 Å². The lowest BCUT2D eigenvalue weighted by Crippen LogP contribution is -2.00. The lowest BCUT2D eigenvalue weighted by Gasteiger charge is -2.06. The Kier molecular flexibility index (Phi) is 7.19. The smallest absolute Gasteiger partial charge is 0.307 e. The summed E-state index contributed by atoms with van der Waals surface area (Å²) in [4.78, 5) is 10.5. The molecule has 3 nitrogen and oxygen atoms in total. The molecule has 0 radical (unpaired) electrons. The van der Waals surface area contributed by atoms with Crippen molar-refractivity contribution < 1.29 is 14.6 Å². The van der Waals surface area contributed by atoms with Gasteiger partial charge in [-0.3, -0.25) is 4.79 Å². The molecular formula is C16H20O3. The van der Waals surface area contributed by atoms with E-state index in [0.717, 1.165) is 43.4 Å². The van der Waals surface area contributed by atoms with E-state index in [1.54, 1.807) is 12.1 Å². The monoisotopic (exact) mass is 260 g/mol. The van der Waals surface area contributed by atoms with Crippen LogP contribution in [0, 0.1) is 12.3 Å². The molecule has 0 aliphatic carbocycles. The summed E-state index contributed by atoms with van der Waals surface area (Å²) in [6, 6.07) is 7.21. The van der Waals surface area contributed by atoms with Gasteiger partial charge in [-0.1, -0.05) is 25.0 Å². The van der Waals surface area contributed by atoms with Crippen LogP contribution in [-0.2, 0) is 11.2 Å². The number of ether oxygens (including phenoxy) is 1. The van der Waals surface area contributed by atoms with Crippen molar-refractivity contribution in [3.63, 3.8) is 0 Å². The molecule has 0 atom stereocenters. The van der Waals surface area contributed by atoms with Gasteiger partial charge in [-0.15, -0.1) is 12.3 Å². The number of terminal acetylenes is 1. The Balaban J connectivity index is 2.16. The third-order valence-electron chi connectivity index (χ3n) is 2.76. The summed E-state index contributed by atoms with van der Waals surface area (Å²) in [5, 5.41) is 8.65. The molecule has 1 rings (SSSR count). The Hall–Kier alpha value is -1.95. The second kappa shape index (κ2) is 9.04. The van der Waals surface area contributed by atoms with Crippen molar-refractivity contribution in [2.24, 2.45) is 0 Å². The summed E-state index contributed by atoms with van der Waals surface area (Å²) in [6.45, 7) is 0.689. The summed E-state index contributed by atoms with van der Waals surface area (Å²) in [7, 11) is 0. The first kappa shape index (κ1) is 15.1. The molecule has 102 valence electrons. The zero-order valence-corrected chi connectivity index (χ0v) is 11.1. The van der Waals surface area contributed by atoms with Gasteiger partial charge in [0, 0.05) is 6.42 Å². The van der Waals surface area contributed by atoms with Crippen LogP contribution in [0.1, 0.15) is 37.7 Å². The summed E-state index contributed by atoms with van der Waals surface area (Å²) in [5.41, 5.74) is 0.786. The minimum absolute atomic E-state index is 0.0510. The third-order valence-corrected chi connectivity index (χ3v) is 2.76. The van der Waals surface area contributed by atoms with E-state index in [-0.39, 0.29) is 6.42 Å². The maximum absolute atomic E-state index is 10.5. The first-order valence-corrected chi connectivity index (χ1v) is 6.59. The highest BCUT2D eigenvalue weighted by Gasteiger charge is 2.00. The maximum atomic E-state index is 10.5. The Morgan fingerprint density at radius 1 is 1.16 bits per heavy atom. The standard InChI is InChI=1S/C16H20O3/c1-2-3-4-5-6-7-12-19-15-10-8-14(9-11-15)13-16(17)18/h1,8-11H,3-7,12-13H2,(H,17,18). The highest BCUT2D eigenvalue weighted by Crippen LogP contribution is 2.13. The summed E-state index contributed by atoms with van der Waals surface area (Å²) >= 11 is 0. The normalized spacial score (nSPS) is 9.84. The molecule has 0 heterocycles. The number of benzene rings is 1. The van der Waals surface area contributed by atoms with E-state index in [2.05, 4.69) is 5.92 Å². The van der Waals surface area contributed by atoms with Gasteiger partial charge >= 0.3 is 5.97 Å². The van der Waals surface area contributed by atoms with Crippen LogP contribution in [0.5, 0.6) is 5.75 Å². The first-order chi connectivity index (χ1) is 9.22. The van der Waals surface area contributed by atoms with Crippen molar-refractivity contribution in [1.29, 1.82) is 0 Å². The molecule has 1 aromatic carbocycles. The molecule has 0 fully saturated rings. The number of aliphatic carboxylic acids is 1. The fraction of sp³-hybridized carbons (Fsp3) is 0.438. The van der Waals surface area contributed by atoms with Gasteiger partial charge < -0.3 is 9.84 Å². The maximum Gasteiger partial charge on any atom is 0.307 e. The van der Waals surface area contributed by atoms with Gasteiger partial charge in [-0.25, -0.2) is 0 Å². The van der Waals surface area contributed by atoms with Crippen LogP contribution in [0.4, 0.5) is 0 Å². The molecule has 0 amide bonds. The van der Waals surface area contributed by atoms with Crippen molar-refractivity contribution in [2.75, 3.05) is 6.61 Å². The zero-order chi connectivity index (χ0) is 13.9. The fourth-order valence-electron chi connectivity index (χ4n) is 1.75. The lowest BCUT2D eigenvalue weighted by atomic mass is 10.1.